The van der Waals surface area contributed by atoms with Gasteiger partial charge in [0.1, 0.15) is 11.5 Å². The van der Waals surface area contributed by atoms with Gasteiger partial charge < -0.3 is 9.63 Å². The molecule has 3 N–H and O–H groups in total. The van der Waals surface area contributed by atoms with Gasteiger partial charge in [-0.2, -0.15) is 0 Å². The van der Waals surface area contributed by atoms with Crippen LogP contribution in [-0.2, 0) is 28.2 Å². The molecule has 330 valence electrons. The molecule has 56 heavy (non-hydrogen) atoms. The minimum atomic E-state index is -4.83. The van der Waals surface area contributed by atoms with Crippen LogP contribution in [0.4, 0.5) is 0 Å². The monoisotopic (exact) mass is 807 g/mol. The third-order valence-electron chi connectivity index (χ3n) is 11.9. The second-order valence-corrected chi connectivity index (χ2v) is 20.7. The predicted molar refractivity (Wildman–Crippen MR) is 245 cm³/mol. The van der Waals surface area contributed by atoms with E-state index in [1.807, 2.05) is 0 Å². The van der Waals surface area contributed by atoms with Gasteiger partial charge in [0.05, 0.1) is 0 Å². The van der Waals surface area contributed by atoms with E-state index in [4.69, 9.17) is 4.52 Å². The Balaban J connectivity index is 2.76. The number of phosphoric acid groups is 1. The van der Waals surface area contributed by atoms with Crippen LogP contribution >= 0.6 is 7.82 Å². The van der Waals surface area contributed by atoms with Gasteiger partial charge in [-0.1, -0.05) is 248 Å². The van der Waals surface area contributed by atoms with E-state index in [9.17, 15) is 19.5 Å². The summed E-state index contributed by atoms with van der Waals surface area (Å²) >= 11 is 0. The zero-order valence-electron chi connectivity index (χ0n) is 38.6. The highest BCUT2D eigenvalue weighted by Gasteiger charge is 2.36. The first kappa shape index (κ1) is 53.0. The number of phosphoric ester groups is 1. The molecule has 0 aliphatic rings. The number of phenolic OH excluding ortho intramolecular Hbond substituents is 1. The van der Waals surface area contributed by atoms with Crippen molar-refractivity contribution in [2.24, 2.45) is 0 Å². The second kappa shape index (κ2) is 30.9. The summed E-state index contributed by atoms with van der Waals surface area (Å²) in [5.41, 5.74) is 2.30. The molecule has 0 saturated heterocycles. The van der Waals surface area contributed by atoms with Gasteiger partial charge in [0, 0.05) is 22.3 Å². The fraction of sp³-hybridized carbons (Fsp3) is 0.880. The van der Waals surface area contributed by atoms with Gasteiger partial charge in [-0.15, -0.1) is 0 Å². The van der Waals surface area contributed by atoms with Crippen LogP contribution in [0.25, 0.3) is 0 Å². The number of hydrogen-bond acceptors (Lipinski definition) is 3. The van der Waals surface area contributed by atoms with E-state index >= 15 is 0 Å². The minimum absolute atomic E-state index is 0.293. The molecule has 0 bridgehead atoms. The van der Waals surface area contributed by atoms with Gasteiger partial charge in [-0.25, -0.2) is 4.57 Å². The Labute approximate surface area is 349 Å². The largest absolute Gasteiger partial charge is 0.524 e. The van der Waals surface area contributed by atoms with Crippen molar-refractivity contribution in [3.63, 3.8) is 0 Å². The number of unbranched alkanes of at least 4 members (excludes halogenated alkanes) is 30. The summed E-state index contributed by atoms with van der Waals surface area (Å²) < 4.78 is 18.3. The summed E-state index contributed by atoms with van der Waals surface area (Å²) in [6, 6.07) is 0. The van der Waals surface area contributed by atoms with Crippen molar-refractivity contribution >= 4 is 7.82 Å². The van der Waals surface area contributed by atoms with Crippen molar-refractivity contribution in [2.45, 2.75) is 285 Å². The first-order valence-electron chi connectivity index (χ1n) is 24.3. The number of phenols is 1. The lowest BCUT2D eigenvalue weighted by Gasteiger charge is -2.34. The summed E-state index contributed by atoms with van der Waals surface area (Å²) in [6.07, 6.45) is 42.8. The Bertz CT molecular complexity index is 1080. The van der Waals surface area contributed by atoms with E-state index in [0.717, 1.165) is 60.8 Å². The molecular formula is C50H95O5P. The summed E-state index contributed by atoms with van der Waals surface area (Å²) in [5, 5.41) is 12.1. The Hall–Kier alpha value is -1.03. The molecular weight excluding hydrogens is 712 g/mol. The Morgan fingerprint density at radius 3 is 0.821 bits per heavy atom. The lowest BCUT2D eigenvalue weighted by molar-refractivity contribution is 0.279. The molecule has 1 aromatic carbocycles. The molecule has 0 aliphatic carbocycles. The maximum Gasteiger partial charge on any atom is 0.524 e. The van der Waals surface area contributed by atoms with Crippen LogP contribution in [0.5, 0.6) is 11.5 Å². The van der Waals surface area contributed by atoms with Crippen LogP contribution in [0.3, 0.4) is 0 Å². The third-order valence-corrected chi connectivity index (χ3v) is 12.3. The fourth-order valence-corrected chi connectivity index (χ4v) is 9.30. The molecule has 1 aromatic rings. The summed E-state index contributed by atoms with van der Waals surface area (Å²) in [7, 11) is -4.83. The lowest BCUT2D eigenvalue weighted by Crippen LogP contribution is -2.23. The molecule has 0 aromatic heterocycles. The zero-order chi connectivity index (χ0) is 41.7. The number of hydrogen-bond donors (Lipinski definition) is 3. The van der Waals surface area contributed by atoms with E-state index in [1.165, 1.54) is 167 Å². The Kier molecular flexibility index (Phi) is 29.3. The van der Waals surface area contributed by atoms with Gasteiger partial charge >= 0.3 is 7.82 Å². The normalized spacial score (nSPS) is 12.5. The highest BCUT2D eigenvalue weighted by atomic mass is 31.2. The molecule has 0 unspecified atom stereocenters. The lowest BCUT2D eigenvalue weighted by atomic mass is 9.73. The Morgan fingerprint density at radius 2 is 0.625 bits per heavy atom. The van der Waals surface area contributed by atoms with Crippen LogP contribution < -0.4 is 4.52 Å². The average molecular weight is 807 g/mol. The Morgan fingerprint density at radius 1 is 0.411 bits per heavy atom. The van der Waals surface area contributed by atoms with Gasteiger partial charge in [0.2, 0.25) is 0 Å². The first-order chi connectivity index (χ1) is 26.6. The maximum absolute atomic E-state index is 12.6. The first-order valence-corrected chi connectivity index (χ1v) is 25.8. The number of aromatic hydroxyl groups is 1. The molecule has 0 fully saturated rings. The SMILES string of the molecule is CCCCCCCCCCCCCCCCCCc1c(OP(=O)(O)O)c(CCCCCCCCCCCCCCCCCC)c(C(C)(C)C)c(O)c1C(C)(C)C. The van der Waals surface area contributed by atoms with Crippen molar-refractivity contribution in [2.75, 3.05) is 0 Å². The molecule has 0 spiro atoms. The predicted octanol–water partition coefficient (Wildman–Crippen LogP) is 17.1. The van der Waals surface area contributed by atoms with Crippen molar-refractivity contribution in [3.8, 4) is 11.5 Å². The van der Waals surface area contributed by atoms with Crippen molar-refractivity contribution in [1.82, 2.24) is 0 Å². The van der Waals surface area contributed by atoms with E-state index in [1.54, 1.807) is 0 Å². The molecule has 5 nitrogen and oxygen atoms in total. The molecule has 0 aliphatic heterocycles. The van der Waals surface area contributed by atoms with E-state index < -0.39 is 18.7 Å². The zero-order valence-corrected chi connectivity index (χ0v) is 39.5. The minimum Gasteiger partial charge on any atom is -0.507 e. The summed E-state index contributed by atoms with van der Waals surface area (Å²) in [6.45, 7) is 17.1. The van der Waals surface area contributed by atoms with Gasteiger partial charge in [-0.3, -0.25) is 9.79 Å². The molecule has 0 heterocycles. The number of benzene rings is 1. The number of rotatable bonds is 36. The molecule has 0 saturated carbocycles. The second-order valence-electron chi connectivity index (χ2n) is 19.6. The highest BCUT2D eigenvalue weighted by Crippen LogP contribution is 2.52. The van der Waals surface area contributed by atoms with E-state index in [2.05, 4.69) is 55.4 Å². The van der Waals surface area contributed by atoms with E-state index in [0.29, 0.717) is 24.3 Å². The average Bonchev–Trinajstić information content (AvgIpc) is 3.10. The fourth-order valence-electron chi connectivity index (χ4n) is 8.84. The van der Waals surface area contributed by atoms with Crippen LogP contribution in [-0.4, -0.2) is 14.9 Å². The maximum atomic E-state index is 12.6. The van der Waals surface area contributed by atoms with E-state index in [-0.39, 0.29) is 0 Å². The van der Waals surface area contributed by atoms with Crippen LogP contribution in [0.15, 0.2) is 0 Å². The molecule has 0 atom stereocenters. The van der Waals surface area contributed by atoms with Gasteiger partial charge in [0.25, 0.3) is 0 Å². The molecule has 6 heteroatoms. The van der Waals surface area contributed by atoms with Crippen molar-refractivity contribution in [3.05, 3.63) is 22.3 Å². The van der Waals surface area contributed by atoms with Crippen LogP contribution in [0.2, 0.25) is 0 Å². The standard InChI is InChI=1S/C50H95O5P/c1-9-11-13-15-17-19-21-23-25-27-29-31-33-35-37-39-41-43-45(49(3,4)5)47(51)46(50(6,7)8)44(48(43)55-56(52,53)54)42-40-38-36-34-32-30-28-26-24-22-20-18-16-14-12-10-2/h51H,9-42H2,1-8H3,(H2,52,53,54). The van der Waals surface area contributed by atoms with Gasteiger partial charge in [-0.05, 0) is 36.5 Å². The quantitative estimate of drug-likeness (QED) is 0.0464. The summed E-state index contributed by atoms with van der Waals surface area (Å²) in [5.74, 6) is 0.633. The molecule has 0 radical (unpaired) electrons. The van der Waals surface area contributed by atoms with Crippen LogP contribution in [0, 0.1) is 0 Å². The summed E-state index contributed by atoms with van der Waals surface area (Å²) in [4.78, 5) is 20.5. The highest BCUT2D eigenvalue weighted by molar-refractivity contribution is 7.46. The van der Waals surface area contributed by atoms with Gasteiger partial charge in [0.15, 0.2) is 0 Å². The van der Waals surface area contributed by atoms with Crippen molar-refractivity contribution in [1.29, 1.82) is 0 Å². The molecule has 0 amide bonds. The third kappa shape index (κ3) is 24.8. The van der Waals surface area contributed by atoms with Crippen LogP contribution in [0.1, 0.15) is 283 Å². The molecule has 1 rings (SSSR count). The van der Waals surface area contributed by atoms with Crippen molar-refractivity contribution < 1.29 is 24.0 Å². The smallest absolute Gasteiger partial charge is 0.507 e. The topological polar surface area (TPSA) is 87.0 Å².